The molecule has 2 unspecified atom stereocenters. The highest BCUT2D eigenvalue weighted by atomic mass is 16.2. The van der Waals surface area contributed by atoms with Gasteiger partial charge in [-0.2, -0.15) is 0 Å². The van der Waals surface area contributed by atoms with Crippen molar-refractivity contribution in [1.82, 2.24) is 20.9 Å². The van der Waals surface area contributed by atoms with E-state index in [0.717, 1.165) is 19.6 Å². The van der Waals surface area contributed by atoms with Gasteiger partial charge in [0.1, 0.15) is 0 Å². The van der Waals surface area contributed by atoms with Crippen LogP contribution in [-0.4, -0.2) is 56.6 Å². The van der Waals surface area contributed by atoms with E-state index >= 15 is 0 Å². The van der Waals surface area contributed by atoms with Crippen LogP contribution in [-0.2, 0) is 4.79 Å². The standard InChI is InChI=1S/C12H24N4O2/c1-9(11(17)15-12(18)13-2)14-7-10-5-4-6-16(3)8-10/h9-10,14H,4-8H2,1-3H3,(H2,13,15,17,18). The maximum absolute atomic E-state index is 11.6. The number of hydrogen-bond donors (Lipinski definition) is 3. The number of nitrogens with one attached hydrogen (secondary N) is 3. The van der Waals surface area contributed by atoms with Gasteiger partial charge in [-0.25, -0.2) is 4.79 Å². The normalized spacial score (nSPS) is 22.3. The molecule has 2 atom stereocenters. The average molecular weight is 256 g/mol. The van der Waals surface area contributed by atoms with E-state index in [9.17, 15) is 9.59 Å². The third-order valence-electron chi connectivity index (χ3n) is 3.29. The predicted octanol–water partition coefficient (Wildman–Crippen LogP) is -0.238. The summed E-state index contributed by atoms with van der Waals surface area (Å²) in [5, 5.41) is 7.80. The predicted molar refractivity (Wildman–Crippen MR) is 70.3 cm³/mol. The SMILES string of the molecule is CNC(=O)NC(=O)C(C)NCC1CCCN(C)C1. The van der Waals surface area contributed by atoms with Crippen LogP contribution in [0.3, 0.4) is 0 Å². The van der Waals surface area contributed by atoms with E-state index in [1.807, 2.05) is 0 Å². The summed E-state index contributed by atoms with van der Waals surface area (Å²) in [7, 11) is 3.60. The molecule has 0 bridgehead atoms. The third-order valence-corrected chi connectivity index (χ3v) is 3.29. The van der Waals surface area contributed by atoms with Crippen LogP contribution in [0.5, 0.6) is 0 Å². The Balaban J connectivity index is 2.25. The Kier molecular flexibility index (Phi) is 6.07. The number of likely N-dealkylation sites (tertiary alicyclic amines) is 1. The highest BCUT2D eigenvalue weighted by Gasteiger charge is 2.20. The van der Waals surface area contributed by atoms with Gasteiger partial charge in [-0.15, -0.1) is 0 Å². The highest BCUT2D eigenvalue weighted by Crippen LogP contribution is 2.13. The first-order valence-electron chi connectivity index (χ1n) is 6.47. The molecule has 1 saturated heterocycles. The number of rotatable bonds is 4. The Hall–Kier alpha value is -1.14. The summed E-state index contributed by atoms with van der Waals surface area (Å²) in [6.07, 6.45) is 2.41. The van der Waals surface area contributed by atoms with Gasteiger partial charge in [-0.05, 0) is 45.8 Å². The quantitative estimate of drug-likeness (QED) is 0.649. The van der Waals surface area contributed by atoms with Crippen molar-refractivity contribution in [2.45, 2.75) is 25.8 Å². The molecule has 0 aliphatic carbocycles. The number of imide groups is 1. The van der Waals surface area contributed by atoms with Gasteiger partial charge in [-0.1, -0.05) is 0 Å². The largest absolute Gasteiger partial charge is 0.341 e. The van der Waals surface area contributed by atoms with Gasteiger partial charge in [-0.3, -0.25) is 10.1 Å². The maximum atomic E-state index is 11.6. The lowest BCUT2D eigenvalue weighted by Crippen LogP contribution is -2.49. The molecule has 3 N–H and O–H groups in total. The van der Waals surface area contributed by atoms with E-state index in [4.69, 9.17) is 0 Å². The molecule has 0 radical (unpaired) electrons. The summed E-state index contributed by atoms with van der Waals surface area (Å²) < 4.78 is 0. The number of carbonyl (C=O) groups is 2. The molecule has 6 nitrogen and oxygen atoms in total. The van der Waals surface area contributed by atoms with Crippen LogP contribution in [0.25, 0.3) is 0 Å². The Morgan fingerprint density at radius 3 is 2.78 bits per heavy atom. The first-order chi connectivity index (χ1) is 8.52. The van der Waals surface area contributed by atoms with Crippen LogP contribution >= 0.6 is 0 Å². The van der Waals surface area contributed by atoms with Crippen molar-refractivity contribution in [1.29, 1.82) is 0 Å². The Labute approximate surface area is 108 Å². The minimum atomic E-state index is -0.467. The van der Waals surface area contributed by atoms with Gasteiger partial charge in [0.15, 0.2) is 0 Å². The maximum Gasteiger partial charge on any atom is 0.321 e. The molecular weight excluding hydrogens is 232 g/mol. The number of nitrogens with zero attached hydrogens (tertiary/aromatic N) is 1. The van der Waals surface area contributed by atoms with Gasteiger partial charge >= 0.3 is 6.03 Å². The van der Waals surface area contributed by atoms with E-state index in [-0.39, 0.29) is 11.9 Å². The fraction of sp³-hybridized carbons (Fsp3) is 0.833. The molecule has 1 fully saturated rings. The second-order valence-corrected chi connectivity index (χ2v) is 4.97. The van der Waals surface area contributed by atoms with Crippen LogP contribution in [0.1, 0.15) is 19.8 Å². The van der Waals surface area contributed by atoms with Crippen molar-refractivity contribution in [2.75, 3.05) is 33.7 Å². The number of piperidine rings is 1. The van der Waals surface area contributed by atoms with Gasteiger partial charge in [0.05, 0.1) is 6.04 Å². The zero-order valence-electron chi connectivity index (χ0n) is 11.5. The van der Waals surface area contributed by atoms with Gasteiger partial charge in [0, 0.05) is 13.6 Å². The molecule has 0 aromatic carbocycles. The molecule has 18 heavy (non-hydrogen) atoms. The minimum Gasteiger partial charge on any atom is -0.341 e. The summed E-state index contributed by atoms with van der Waals surface area (Å²) >= 11 is 0. The van der Waals surface area contributed by atoms with Crippen molar-refractivity contribution in [3.05, 3.63) is 0 Å². The number of carbonyl (C=O) groups excluding carboxylic acids is 2. The van der Waals surface area contributed by atoms with Crippen LogP contribution in [0.2, 0.25) is 0 Å². The Morgan fingerprint density at radius 1 is 1.44 bits per heavy atom. The molecular formula is C12H24N4O2. The summed E-state index contributed by atoms with van der Waals surface area (Å²) in [5.41, 5.74) is 0. The summed E-state index contributed by atoms with van der Waals surface area (Å²) in [6, 6.07) is -0.819. The number of urea groups is 1. The minimum absolute atomic E-state index is 0.293. The average Bonchev–Trinajstić information content (AvgIpc) is 2.35. The van der Waals surface area contributed by atoms with Crippen molar-refractivity contribution in [3.63, 3.8) is 0 Å². The fourth-order valence-electron chi connectivity index (χ4n) is 2.16. The smallest absolute Gasteiger partial charge is 0.321 e. The second kappa shape index (κ2) is 7.33. The topological polar surface area (TPSA) is 73.5 Å². The number of hydrogen-bond acceptors (Lipinski definition) is 4. The third kappa shape index (κ3) is 5.01. The zero-order chi connectivity index (χ0) is 13.5. The lowest BCUT2D eigenvalue weighted by molar-refractivity contribution is -0.121. The van der Waals surface area contributed by atoms with Crippen molar-refractivity contribution < 1.29 is 9.59 Å². The first kappa shape index (κ1) is 14.9. The molecule has 1 aliphatic rings. The molecule has 1 heterocycles. The monoisotopic (exact) mass is 256 g/mol. The van der Waals surface area contributed by atoms with Crippen LogP contribution in [0.15, 0.2) is 0 Å². The van der Waals surface area contributed by atoms with Crippen LogP contribution in [0, 0.1) is 5.92 Å². The molecule has 6 heteroatoms. The second-order valence-electron chi connectivity index (χ2n) is 4.97. The van der Waals surface area contributed by atoms with Gasteiger partial charge in [0.2, 0.25) is 5.91 Å². The van der Waals surface area contributed by atoms with Gasteiger partial charge in [0.25, 0.3) is 0 Å². The highest BCUT2D eigenvalue weighted by molar-refractivity contribution is 5.96. The van der Waals surface area contributed by atoms with Crippen molar-refractivity contribution in [2.24, 2.45) is 5.92 Å². The first-order valence-corrected chi connectivity index (χ1v) is 6.47. The van der Waals surface area contributed by atoms with E-state index in [1.165, 1.54) is 19.9 Å². The van der Waals surface area contributed by atoms with Gasteiger partial charge < -0.3 is 15.5 Å². The Bertz CT molecular complexity index is 296. The lowest BCUT2D eigenvalue weighted by atomic mass is 9.98. The molecule has 104 valence electrons. The summed E-state index contributed by atoms with van der Waals surface area (Å²) in [6.45, 7) is 4.80. The van der Waals surface area contributed by atoms with E-state index < -0.39 is 6.03 Å². The molecule has 0 saturated carbocycles. The summed E-state index contributed by atoms with van der Waals surface area (Å²) in [4.78, 5) is 24.9. The lowest BCUT2D eigenvalue weighted by Gasteiger charge is -2.30. The molecule has 1 aliphatic heterocycles. The summed E-state index contributed by atoms with van der Waals surface area (Å²) in [5.74, 6) is 0.289. The zero-order valence-corrected chi connectivity index (χ0v) is 11.5. The van der Waals surface area contributed by atoms with Crippen LogP contribution < -0.4 is 16.0 Å². The van der Waals surface area contributed by atoms with Crippen LogP contribution in [0.4, 0.5) is 4.79 Å². The number of amides is 3. The molecule has 0 spiro atoms. The van der Waals surface area contributed by atoms with E-state index in [1.54, 1.807) is 6.92 Å². The van der Waals surface area contributed by atoms with Crippen molar-refractivity contribution >= 4 is 11.9 Å². The van der Waals surface area contributed by atoms with E-state index in [2.05, 4.69) is 27.9 Å². The Morgan fingerprint density at radius 2 is 2.17 bits per heavy atom. The molecule has 0 aromatic heterocycles. The molecule has 1 rings (SSSR count). The van der Waals surface area contributed by atoms with Crippen molar-refractivity contribution in [3.8, 4) is 0 Å². The molecule has 3 amide bonds. The molecule has 0 aromatic rings. The van der Waals surface area contributed by atoms with E-state index in [0.29, 0.717) is 5.92 Å². The fourth-order valence-corrected chi connectivity index (χ4v) is 2.16.